The Bertz CT molecular complexity index is 339. The number of rotatable bonds is 3. The second kappa shape index (κ2) is 4.43. The third-order valence-corrected chi connectivity index (χ3v) is 2.77. The zero-order chi connectivity index (χ0) is 9.80. The molecule has 74 valence electrons. The molecule has 0 atom stereocenters. The summed E-state index contributed by atoms with van der Waals surface area (Å²) in [5.41, 5.74) is 9.82. The highest BCUT2D eigenvalue weighted by atomic mass is 14.5. The smallest absolute Gasteiger partial charge is 0.00367 e. The molecule has 0 radical (unpaired) electrons. The first-order valence-electron chi connectivity index (χ1n) is 5.38. The van der Waals surface area contributed by atoms with Gasteiger partial charge in [-0.1, -0.05) is 30.3 Å². The van der Waals surface area contributed by atoms with Gasteiger partial charge in [-0.05, 0) is 48.9 Å². The molecule has 0 aliphatic heterocycles. The van der Waals surface area contributed by atoms with E-state index in [4.69, 9.17) is 5.73 Å². The monoisotopic (exact) mass is 187 g/mol. The third kappa shape index (κ3) is 2.05. The van der Waals surface area contributed by atoms with Crippen molar-refractivity contribution in [2.24, 2.45) is 5.73 Å². The quantitative estimate of drug-likeness (QED) is 0.773. The average Bonchev–Trinajstić information content (AvgIpc) is 2.71. The van der Waals surface area contributed by atoms with Crippen molar-refractivity contribution in [1.82, 2.24) is 0 Å². The molecule has 0 aromatic heterocycles. The maximum atomic E-state index is 5.55. The molecule has 0 unspecified atom stereocenters. The van der Waals surface area contributed by atoms with Gasteiger partial charge in [0.15, 0.2) is 0 Å². The Morgan fingerprint density at radius 3 is 2.93 bits per heavy atom. The first-order valence-corrected chi connectivity index (χ1v) is 5.38. The van der Waals surface area contributed by atoms with Crippen LogP contribution in [-0.2, 0) is 6.42 Å². The van der Waals surface area contributed by atoms with Crippen LogP contribution >= 0.6 is 0 Å². The Morgan fingerprint density at radius 2 is 2.21 bits per heavy atom. The van der Waals surface area contributed by atoms with E-state index in [0.29, 0.717) is 0 Å². The molecule has 2 rings (SSSR count). The zero-order valence-electron chi connectivity index (χ0n) is 8.50. The Hall–Kier alpha value is -1.08. The van der Waals surface area contributed by atoms with Gasteiger partial charge in [0.05, 0.1) is 0 Å². The SMILES string of the molecule is NCCc1cccc(C2=CCCC2)c1. The molecular formula is C13H17N. The molecule has 1 aliphatic carbocycles. The van der Waals surface area contributed by atoms with Crippen LogP contribution in [0.3, 0.4) is 0 Å². The van der Waals surface area contributed by atoms with Gasteiger partial charge in [0.1, 0.15) is 0 Å². The lowest BCUT2D eigenvalue weighted by Gasteiger charge is -2.05. The van der Waals surface area contributed by atoms with Crippen molar-refractivity contribution in [2.75, 3.05) is 6.54 Å². The number of hydrogen-bond acceptors (Lipinski definition) is 1. The first-order chi connectivity index (χ1) is 6.90. The summed E-state index contributed by atoms with van der Waals surface area (Å²) in [6, 6.07) is 8.78. The van der Waals surface area contributed by atoms with Crippen LogP contribution in [0.25, 0.3) is 5.57 Å². The fourth-order valence-electron chi connectivity index (χ4n) is 2.03. The Labute approximate surface area is 85.6 Å². The fraction of sp³-hybridized carbons (Fsp3) is 0.385. The summed E-state index contributed by atoms with van der Waals surface area (Å²) >= 11 is 0. The van der Waals surface area contributed by atoms with Gasteiger partial charge in [0.25, 0.3) is 0 Å². The molecule has 0 heterocycles. The minimum Gasteiger partial charge on any atom is -0.330 e. The molecule has 1 aliphatic rings. The van der Waals surface area contributed by atoms with Crippen molar-refractivity contribution in [3.05, 3.63) is 41.5 Å². The van der Waals surface area contributed by atoms with Gasteiger partial charge < -0.3 is 5.73 Å². The van der Waals surface area contributed by atoms with Gasteiger partial charge in [-0.3, -0.25) is 0 Å². The maximum absolute atomic E-state index is 5.55. The Balaban J connectivity index is 2.21. The van der Waals surface area contributed by atoms with Crippen LogP contribution in [-0.4, -0.2) is 6.54 Å². The van der Waals surface area contributed by atoms with E-state index in [1.165, 1.54) is 36.0 Å². The molecular weight excluding hydrogens is 170 g/mol. The van der Waals surface area contributed by atoms with Crippen LogP contribution in [0.15, 0.2) is 30.3 Å². The highest BCUT2D eigenvalue weighted by Crippen LogP contribution is 2.27. The van der Waals surface area contributed by atoms with E-state index in [9.17, 15) is 0 Å². The maximum Gasteiger partial charge on any atom is -0.00367 e. The predicted molar refractivity (Wildman–Crippen MR) is 61.0 cm³/mol. The lowest BCUT2D eigenvalue weighted by atomic mass is 10.0. The lowest BCUT2D eigenvalue weighted by molar-refractivity contribution is 0.934. The molecule has 0 spiro atoms. The van der Waals surface area contributed by atoms with Crippen molar-refractivity contribution >= 4 is 5.57 Å². The highest BCUT2D eigenvalue weighted by molar-refractivity contribution is 5.67. The van der Waals surface area contributed by atoms with E-state index in [2.05, 4.69) is 30.3 Å². The minimum absolute atomic E-state index is 0.739. The summed E-state index contributed by atoms with van der Waals surface area (Å²) in [5, 5.41) is 0. The molecule has 0 saturated heterocycles. The third-order valence-electron chi connectivity index (χ3n) is 2.77. The van der Waals surface area contributed by atoms with Crippen molar-refractivity contribution < 1.29 is 0 Å². The van der Waals surface area contributed by atoms with Crippen LogP contribution in [0.2, 0.25) is 0 Å². The van der Waals surface area contributed by atoms with Gasteiger partial charge in [-0.15, -0.1) is 0 Å². The molecule has 1 heteroatoms. The van der Waals surface area contributed by atoms with Crippen molar-refractivity contribution in [3.8, 4) is 0 Å². The summed E-state index contributed by atoms with van der Waals surface area (Å²) < 4.78 is 0. The molecule has 14 heavy (non-hydrogen) atoms. The van der Waals surface area contributed by atoms with E-state index < -0.39 is 0 Å². The van der Waals surface area contributed by atoms with Crippen molar-refractivity contribution in [3.63, 3.8) is 0 Å². The summed E-state index contributed by atoms with van der Waals surface area (Å²) in [5.74, 6) is 0. The summed E-state index contributed by atoms with van der Waals surface area (Å²) in [4.78, 5) is 0. The molecule has 0 amide bonds. The number of hydrogen-bond donors (Lipinski definition) is 1. The predicted octanol–water partition coefficient (Wildman–Crippen LogP) is 2.76. The summed E-state index contributed by atoms with van der Waals surface area (Å²) in [7, 11) is 0. The van der Waals surface area contributed by atoms with Gasteiger partial charge >= 0.3 is 0 Å². The molecule has 0 saturated carbocycles. The summed E-state index contributed by atoms with van der Waals surface area (Å²) in [6.45, 7) is 0.739. The molecule has 0 fully saturated rings. The summed E-state index contributed by atoms with van der Waals surface area (Å²) in [6.07, 6.45) is 7.15. The number of allylic oxidation sites excluding steroid dienone is 2. The van der Waals surface area contributed by atoms with E-state index in [1.54, 1.807) is 0 Å². The highest BCUT2D eigenvalue weighted by Gasteiger charge is 2.06. The van der Waals surface area contributed by atoms with Gasteiger partial charge in [-0.25, -0.2) is 0 Å². The lowest BCUT2D eigenvalue weighted by Crippen LogP contribution is -2.02. The standard InChI is InChI=1S/C13H17N/c14-9-8-11-4-3-7-13(10-11)12-5-1-2-6-12/h3-5,7,10H,1-2,6,8-9,14H2. The molecule has 0 bridgehead atoms. The molecule has 1 aromatic rings. The van der Waals surface area contributed by atoms with Crippen LogP contribution in [0.4, 0.5) is 0 Å². The number of benzene rings is 1. The van der Waals surface area contributed by atoms with E-state index in [1.807, 2.05) is 0 Å². The number of nitrogens with two attached hydrogens (primary N) is 1. The minimum atomic E-state index is 0.739. The topological polar surface area (TPSA) is 26.0 Å². The van der Waals surface area contributed by atoms with Crippen molar-refractivity contribution in [2.45, 2.75) is 25.7 Å². The molecule has 1 nitrogen and oxygen atoms in total. The van der Waals surface area contributed by atoms with Crippen LogP contribution in [0.1, 0.15) is 30.4 Å². The second-order valence-corrected chi connectivity index (χ2v) is 3.86. The van der Waals surface area contributed by atoms with Crippen LogP contribution in [0.5, 0.6) is 0 Å². The van der Waals surface area contributed by atoms with E-state index >= 15 is 0 Å². The van der Waals surface area contributed by atoms with Gasteiger partial charge in [0.2, 0.25) is 0 Å². The fourth-order valence-corrected chi connectivity index (χ4v) is 2.03. The van der Waals surface area contributed by atoms with E-state index in [0.717, 1.165) is 13.0 Å². The zero-order valence-corrected chi connectivity index (χ0v) is 8.50. The van der Waals surface area contributed by atoms with Crippen molar-refractivity contribution in [1.29, 1.82) is 0 Å². The largest absolute Gasteiger partial charge is 0.330 e. The first kappa shape index (κ1) is 9.47. The van der Waals surface area contributed by atoms with Gasteiger partial charge in [0, 0.05) is 0 Å². The van der Waals surface area contributed by atoms with Crippen LogP contribution in [0, 0.1) is 0 Å². The normalized spacial score (nSPS) is 15.6. The van der Waals surface area contributed by atoms with Crippen LogP contribution < -0.4 is 5.73 Å². The van der Waals surface area contributed by atoms with Gasteiger partial charge in [-0.2, -0.15) is 0 Å². The average molecular weight is 187 g/mol. The second-order valence-electron chi connectivity index (χ2n) is 3.86. The Morgan fingerprint density at radius 1 is 1.29 bits per heavy atom. The Kier molecular flexibility index (Phi) is 3.00. The molecule has 1 aromatic carbocycles. The van der Waals surface area contributed by atoms with E-state index in [-0.39, 0.29) is 0 Å². The molecule has 2 N–H and O–H groups in total.